The first-order valence-electron chi connectivity index (χ1n) is 9.57. The van der Waals surface area contributed by atoms with Crippen LogP contribution in [-0.2, 0) is 6.42 Å². The van der Waals surface area contributed by atoms with Crippen LogP contribution < -0.4 is 9.47 Å². The maximum absolute atomic E-state index is 10.7. The summed E-state index contributed by atoms with van der Waals surface area (Å²) in [6.45, 7) is 2.28. The minimum atomic E-state index is -0.0902. The highest BCUT2D eigenvalue weighted by Gasteiger charge is 2.56. The highest BCUT2D eigenvalue weighted by atomic mass is 16.5. The second kappa shape index (κ2) is 5.94. The fourth-order valence-corrected chi connectivity index (χ4v) is 6.40. The summed E-state index contributed by atoms with van der Waals surface area (Å²) in [6, 6.07) is 4.26. The fraction of sp³-hybridized carbons (Fsp3) is 0.714. The number of benzene rings is 1. The van der Waals surface area contributed by atoms with Gasteiger partial charge in [-0.2, -0.15) is 0 Å². The first-order chi connectivity index (χ1) is 11.6. The Balaban J connectivity index is 1.74. The molecule has 24 heavy (non-hydrogen) atoms. The molecule has 5 atom stereocenters. The van der Waals surface area contributed by atoms with E-state index in [2.05, 4.69) is 13.0 Å². The molecule has 0 radical (unpaired) electrons. The molecule has 1 N–H and O–H groups in total. The highest BCUT2D eigenvalue weighted by Crippen LogP contribution is 2.63. The molecule has 0 bridgehead atoms. The first kappa shape index (κ1) is 16.3. The Morgan fingerprint density at radius 1 is 1.12 bits per heavy atom. The molecule has 3 aliphatic carbocycles. The van der Waals surface area contributed by atoms with Crippen molar-refractivity contribution >= 4 is 0 Å². The molecule has 0 unspecified atom stereocenters. The van der Waals surface area contributed by atoms with Crippen LogP contribution in [0.15, 0.2) is 12.1 Å². The van der Waals surface area contributed by atoms with Gasteiger partial charge in [-0.3, -0.25) is 0 Å². The van der Waals surface area contributed by atoms with Crippen LogP contribution in [0.3, 0.4) is 0 Å². The van der Waals surface area contributed by atoms with Crippen LogP contribution in [-0.4, -0.2) is 25.4 Å². The van der Waals surface area contributed by atoms with Gasteiger partial charge >= 0.3 is 0 Å². The molecule has 3 aliphatic rings. The number of aliphatic hydroxyl groups is 1. The van der Waals surface area contributed by atoms with E-state index in [0.29, 0.717) is 17.8 Å². The van der Waals surface area contributed by atoms with Crippen LogP contribution in [0, 0.1) is 17.3 Å². The van der Waals surface area contributed by atoms with Gasteiger partial charge in [0.15, 0.2) is 0 Å². The lowest BCUT2D eigenvalue weighted by Gasteiger charge is -2.51. The third-order valence-corrected chi connectivity index (χ3v) is 7.54. The minimum absolute atomic E-state index is 0.0902. The average Bonchev–Trinajstić information content (AvgIpc) is 2.97. The van der Waals surface area contributed by atoms with E-state index >= 15 is 0 Å². The van der Waals surface area contributed by atoms with Crippen molar-refractivity contribution in [3.8, 4) is 11.5 Å². The standard InChI is InChI=1S/C21H30O3/c1-4-21-10-9-16-15(17(21)7-8-19(21)22)6-5-13-11-14(23-2)12-18(24-3)20(13)16/h11-12,15-17,19,22H,4-10H2,1-3H3/t15-,16+,17+,19+,21+/m1/s1. The van der Waals surface area contributed by atoms with Crippen LogP contribution in [0.25, 0.3) is 0 Å². The Labute approximate surface area is 145 Å². The quantitative estimate of drug-likeness (QED) is 0.897. The maximum Gasteiger partial charge on any atom is 0.126 e. The lowest BCUT2D eigenvalue weighted by molar-refractivity contribution is -0.0397. The van der Waals surface area contributed by atoms with Crippen molar-refractivity contribution < 1.29 is 14.6 Å². The number of hydrogen-bond donors (Lipinski definition) is 1. The van der Waals surface area contributed by atoms with E-state index < -0.39 is 0 Å². The molecule has 1 aromatic rings. The zero-order valence-electron chi connectivity index (χ0n) is 15.2. The van der Waals surface area contributed by atoms with Gasteiger partial charge in [-0.1, -0.05) is 6.92 Å². The van der Waals surface area contributed by atoms with Gasteiger partial charge < -0.3 is 14.6 Å². The van der Waals surface area contributed by atoms with Crippen molar-refractivity contribution in [1.29, 1.82) is 0 Å². The summed E-state index contributed by atoms with van der Waals surface area (Å²) in [6.07, 6.45) is 7.91. The summed E-state index contributed by atoms with van der Waals surface area (Å²) in [7, 11) is 3.50. The van der Waals surface area contributed by atoms with Crippen molar-refractivity contribution in [2.24, 2.45) is 17.3 Å². The summed E-state index contributed by atoms with van der Waals surface area (Å²) in [5.41, 5.74) is 3.02. The molecule has 0 amide bonds. The summed E-state index contributed by atoms with van der Waals surface area (Å²) in [4.78, 5) is 0. The lowest BCUT2D eigenvalue weighted by Crippen LogP contribution is -2.45. The molecular formula is C21H30O3. The Hall–Kier alpha value is -1.22. The molecule has 0 heterocycles. The highest BCUT2D eigenvalue weighted by molar-refractivity contribution is 5.50. The van der Waals surface area contributed by atoms with Crippen LogP contribution in [0.5, 0.6) is 11.5 Å². The Morgan fingerprint density at radius 3 is 2.67 bits per heavy atom. The van der Waals surface area contributed by atoms with E-state index in [1.165, 1.54) is 30.4 Å². The number of fused-ring (bicyclic) bond motifs is 5. The van der Waals surface area contributed by atoms with Crippen molar-refractivity contribution in [2.75, 3.05) is 14.2 Å². The molecule has 1 aromatic carbocycles. The Kier molecular flexibility index (Phi) is 4.03. The van der Waals surface area contributed by atoms with Gasteiger partial charge in [0.2, 0.25) is 0 Å². The second-order valence-electron chi connectivity index (χ2n) is 8.04. The maximum atomic E-state index is 10.7. The first-order valence-corrected chi connectivity index (χ1v) is 9.57. The van der Waals surface area contributed by atoms with Crippen molar-refractivity contribution in [1.82, 2.24) is 0 Å². The van der Waals surface area contributed by atoms with Crippen LogP contribution in [0.4, 0.5) is 0 Å². The molecule has 0 saturated heterocycles. The molecule has 3 heteroatoms. The third kappa shape index (κ3) is 2.13. The van der Waals surface area contributed by atoms with Crippen LogP contribution >= 0.6 is 0 Å². The molecule has 0 aliphatic heterocycles. The van der Waals surface area contributed by atoms with Gasteiger partial charge in [0.1, 0.15) is 11.5 Å². The Morgan fingerprint density at radius 2 is 1.96 bits per heavy atom. The van der Waals surface area contributed by atoms with Gasteiger partial charge in [-0.05, 0) is 79.7 Å². The van der Waals surface area contributed by atoms with E-state index in [1.807, 2.05) is 6.07 Å². The van der Waals surface area contributed by atoms with E-state index in [1.54, 1.807) is 14.2 Å². The molecule has 0 aromatic heterocycles. The van der Waals surface area contributed by atoms with Gasteiger partial charge in [-0.25, -0.2) is 0 Å². The van der Waals surface area contributed by atoms with E-state index in [9.17, 15) is 5.11 Å². The summed E-state index contributed by atoms with van der Waals surface area (Å²) in [5, 5.41) is 10.7. The molecule has 132 valence electrons. The van der Waals surface area contributed by atoms with E-state index in [-0.39, 0.29) is 11.5 Å². The second-order valence-corrected chi connectivity index (χ2v) is 8.04. The van der Waals surface area contributed by atoms with Crippen LogP contribution in [0.1, 0.15) is 62.5 Å². The molecule has 4 rings (SSSR count). The van der Waals surface area contributed by atoms with Gasteiger partial charge in [0.25, 0.3) is 0 Å². The van der Waals surface area contributed by atoms with E-state index in [0.717, 1.165) is 37.2 Å². The van der Waals surface area contributed by atoms with Crippen molar-refractivity contribution in [3.63, 3.8) is 0 Å². The third-order valence-electron chi connectivity index (χ3n) is 7.54. The summed E-state index contributed by atoms with van der Waals surface area (Å²) >= 11 is 0. The molecule has 2 saturated carbocycles. The fourth-order valence-electron chi connectivity index (χ4n) is 6.40. The predicted octanol–water partition coefficient (Wildman–Crippen LogP) is 4.31. The van der Waals surface area contributed by atoms with E-state index in [4.69, 9.17) is 9.47 Å². The zero-order chi connectivity index (χ0) is 16.9. The summed E-state index contributed by atoms with van der Waals surface area (Å²) in [5.74, 6) is 3.87. The SMILES string of the molecule is CC[C@]12CC[C@@H]3c4c(cc(OC)cc4OC)CC[C@H]3[C@@H]1CC[C@@H]2O. The number of ether oxygens (including phenoxy) is 2. The smallest absolute Gasteiger partial charge is 0.126 e. The molecule has 2 fully saturated rings. The lowest BCUT2D eigenvalue weighted by atomic mass is 9.54. The number of aliphatic hydroxyl groups excluding tert-OH is 1. The van der Waals surface area contributed by atoms with Gasteiger partial charge in [-0.15, -0.1) is 0 Å². The Bertz CT molecular complexity index is 609. The normalized spacial score (nSPS) is 37.3. The van der Waals surface area contributed by atoms with Gasteiger partial charge in [0.05, 0.1) is 20.3 Å². The number of aryl methyl sites for hydroxylation is 1. The zero-order valence-corrected chi connectivity index (χ0v) is 15.2. The monoisotopic (exact) mass is 330 g/mol. The van der Waals surface area contributed by atoms with Crippen LogP contribution in [0.2, 0.25) is 0 Å². The average molecular weight is 330 g/mol. The number of methoxy groups -OCH3 is 2. The molecule has 3 nitrogen and oxygen atoms in total. The largest absolute Gasteiger partial charge is 0.497 e. The van der Waals surface area contributed by atoms with Gasteiger partial charge in [0, 0.05) is 11.6 Å². The van der Waals surface area contributed by atoms with Crippen molar-refractivity contribution in [2.45, 2.75) is 63.9 Å². The molecule has 0 spiro atoms. The molecular weight excluding hydrogens is 300 g/mol. The minimum Gasteiger partial charge on any atom is -0.497 e. The van der Waals surface area contributed by atoms with Crippen molar-refractivity contribution in [3.05, 3.63) is 23.3 Å². The summed E-state index contributed by atoms with van der Waals surface area (Å²) < 4.78 is 11.2. The number of rotatable bonds is 3. The topological polar surface area (TPSA) is 38.7 Å². The predicted molar refractivity (Wildman–Crippen MR) is 94.8 cm³/mol. The number of hydrogen-bond acceptors (Lipinski definition) is 3.